The Kier molecular flexibility index (Phi) is 4.58. The van der Waals surface area contributed by atoms with E-state index in [0.29, 0.717) is 6.61 Å². The first kappa shape index (κ1) is 12.3. The molecule has 3 heteroatoms. The zero-order chi connectivity index (χ0) is 12.0. The average Bonchev–Trinajstić information content (AvgIpc) is 2.27. The minimum Gasteiger partial charge on any atom is -0.463 e. The molecule has 0 amide bonds. The van der Waals surface area contributed by atoms with Crippen LogP contribution in [0.5, 0.6) is 0 Å². The minimum absolute atomic E-state index is 0.308. The van der Waals surface area contributed by atoms with Crippen LogP contribution >= 0.6 is 0 Å². The van der Waals surface area contributed by atoms with Gasteiger partial charge in [0.05, 0.1) is 6.61 Å². The van der Waals surface area contributed by atoms with Crippen molar-refractivity contribution >= 4 is 17.7 Å². The molecule has 0 aliphatic heterocycles. The molecule has 1 aromatic rings. The third-order valence-electron chi connectivity index (χ3n) is 2.22. The zero-order valence-electron chi connectivity index (χ0n) is 9.91. The fourth-order valence-electron chi connectivity index (χ4n) is 1.43. The molecule has 0 fully saturated rings. The molecule has 0 radical (unpaired) electrons. The van der Waals surface area contributed by atoms with Gasteiger partial charge in [0, 0.05) is 18.8 Å². The topological polar surface area (TPSA) is 38.3 Å². The van der Waals surface area contributed by atoms with E-state index in [0.717, 1.165) is 16.8 Å². The number of carbonyl (C=O) groups excluding carboxylic acids is 1. The van der Waals surface area contributed by atoms with Gasteiger partial charge in [-0.25, -0.2) is 4.79 Å². The van der Waals surface area contributed by atoms with Crippen molar-refractivity contribution in [1.82, 2.24) is 0 Å². The fourth-order valence-corrected chi connectivity index (χ4v) is 1.43. The molecular formula is C13H17NO2. The first-order valence-corrected chi connectivity index (χ1v) is 5.30. The summed E-state index contributed by atoms with van der Waals surface area (Å²) in [5, 5.41) is 3.09. The summed E-state index contributed by atoms with van der Waals surface area (Å²) in [4.78, 5) is 11.1. The molecule has 0 aliphatic rings. The summed E-state index contributed by atoms with van der Waals surface area (Å²) in [5.74, 6) is -0.308. The lowest BCUT2D eigenvalue weighted by Crippen LogP contribution is -1.98. The van der Waals surface area contributed by atoms with Crippen molar-refractivity contribution in [2.75, 3.05) is 19.0 Å². The Bertz CT molecular complexity index is 397. The van der Waals surface area contributed by atoms with Gasteiger partial charge in [0.25, 0.3) is 0 Å². The van der Waals surface area contributed by atoms with Crippen LogP contribution in [0, 0.1) is 6.92 Å². The van der Waals surface area contributed by atoms with Gasteiger partial charge in [-0.2, -0.15) is 0 Å². The number of benzene rings is 1. The van der Waals surface area contributed by atoms with Gasteiger partial charge >= 0.3 is 5.97 Å². The Morgan fingerprint density at radius 2 is 2.25 bits per heavy atom. The summed E-state index contributed by atoms with van der Waals surface area (Å²) in [6.45, 7) is 4.21. The lowest BCUT2D eigenvalue weighted by atomic mass is 10.1. The third kappa shape index (κ3) is 3.42. The van der Waals surface area contributed by atoms with Gasteiger partial charge in [-0.1, -0.05) is 6.07 Å². The highest BCUT2D eigenvalue weighted by molar-refractivity contribution is 5.87. The fraction of sp³-hybridized carbons (Fsp3) is 0.308. The second-order valence-electron chi connectivity index (χ2n) is 3.41. The van der Waals surface area contributed by atoms with E-state index in [1.54, 1.807) is 13.0 Å². The Morgan fingerprint density at radius 3 is 2.81 bits per heavy atom. The van der Waals surface area contributed by atoms with E-state index < -0.39 is 0 Å². The predicted molar refractivity (Wildman–Crippen MR) is 66.4 cm³/mol. The Morgan fingerprint density at radius 1 is 1.50 bits per heavy atom. The van der Waals surface area contributed by atoms with Crippen molar-refractivity contribution in [1.29, 1.82) is 0 Å². The van der Waals surface area contributed by atoms with Crippen molar-refractivity contribution in [2.45, 2.75) is 13.8 Å². The molecule has 0 spiro atoms. The number of hydrogen-bond donors (Lipinski definition) is 1. The molecule has 86 valence electrons. The van der Waals surface area contributed by atoms with E-state index in [9.17, 15) is 4.79 Å². The molecule has 1 N–H and O–H groups in total. The van der Waals surface area contributed by atoms with Crippen molar-refractivity contribution in [3.63, 3.8) is 0 Å². The smallest absolute Gasteiger partial charge is 0.330 e. The number of aryl methyl sites for hydroxylation is 1. The summed E-state index contributed by atoms with van der Waals surface area (Å²) in [5.41, 5.74) is 3.23. The van der Waals surface area contributed by atoms with Crippen LogP contribution in [-0.4, -0.2) is 19.6 Å². The van der Waals surface area contributed by atoms with Crippen LogP contribution in [0.4, 0.5) is 5.69 Å². The number of carbonyl (C=O) groups is 1. The number of ether oxygens (including phenoxy) is 1. The van der Waals surface area contributed by atoms with Crippen molar-refractivity contribution in [2.24, 2.45) is 0 Å². The molecule has 0 unspecified atom stereocenters. The summed E-state index contributed by atoms with van der Waals surface area (Å²) >= 11 is 0. The highest BCUT2D eigenvalue weighted by Gasteiger charge is 1.97. The minimum atomic E-state index is -0.308. The van der Waals surface area contributed by atoms with Crippen LogP contribution in [-0.2, 0) is 9.53 Å². The van der Waals surface area contributed by atoms with Gasteiger partial charge in [-0.3, -0.25) is 0 Å². The van der Waals surface area contributed by atoms with Gasteiger partial charge in [0.15, 0.2) is 0 Å². The average molecular weight is 219 g/mol. The van der Waals surface area contributed by atoms with Crippen molar-refractivity contribution in [3.8, 4) is 0 Å². The number of rotatable bonds is 4. The van der Waals surface area contributed by atoms with Crippen LogP contribution in [0.15, 0.2) is 24.3 Å². The van der Waals surface area contributed by atoms with E-state index in [1.165, 1.54) is 6.08 Å². The Hall–Kier alpha value is -1.77. The van der Waals surface area contributed by atoms with Gasteiger partial charge in [0.2, 0.25) is 0 Å². The summed E-state index contributed by atoms with van der Waals surface area (Å²) in [6.07, 6.45) is 3.20. The maximum atomic E-state index is 11.1. The van der Waals surface area contributed by atoms with Gasteiger partial charge in [-0.15, -0.1) is 0 Å². The standard InChI is InChI=1S/C13H17NO2/c1-4-16-13(15)8-6-11-5-7-12(14-3)10(2)9-11/h5-9,14H,4H2,1-3H3. The van der Waals surface area contributed by atoms with Crippen molar-refractivity contribution in [3.05, 3.63) is 35.4 Å². The highest BCUT2D eigenvalue weighted by Crippen LogP contribution is 2.16. The van der Waals surface area contributed by atoms with Gasteiger partial charge in [0.1, 0.15) is 0 Å². The summed E-state index contributed by atoms with van der Waals surface area (Å²) in [7, 11) is 1.89. The molecule has 16 heavy (non-hydrogen) atoms. The molecular weight excluding hydrogens is 202 g/mol. The zero-order valence-corrected chi connectivity index (χ0v) is 9.91. The van der Waals surface area contributed by atoms with Crippen molar-refractivity contribution < 1.29 is 9.53 Å². The van der Waals surface area contributed by atoms with Crippen LogP contribution in [0.1, 0.15) is 18.1 Å². The van der Waals surface area contributed by atoms with E-state index in [2.05, 4.69) is 5.32 Å². The maximum Gasteiger partial charge on any atom is 0.330 e. The molecule has 0 saturated heterocycles. The van der Waals surface area contributed by atoms with E-state index in [-0.39, 0.29) is 5.97 Å². The molecule has 0 atom stereocenters. The molecule has 1 aromatic carbocycles. The number of esters is 1. The summed E-state index contributed by atoms with van der Waals surface area (Å²) < 4.78 is 4.80. The Balaban J connectivity index is 2.75. The van der Waals surface area contributed by atoms with Crippen LogP contribution in [0.3, 0.4) is 0 Å². The largest absolute Gasteiger partial charge is 0.463 e. The van der Waals surface area contributed by atoms with Crippen LogP contribution in [0.2, 0.25) is 0 Å². The third-order valence-corrected chi connectivity index (χ3v) is 2.22. The monoisotopic (exact) mass is 219 g/mol. The van der Waals surface area contributed by atoms with E-state index >= 15 is 0 Å². The van der Waals surface area contributed by atoms with Gasteiger partial charge < -0.3 is 10.1 Å². The SMILES string of the molecule is CCOC(=O)C=Cc1ccc(NC)c(C)c1. The number of hydrogen-bond acceptors (Lipinski definition) is 3. The molecule has 0 aromatic heterocycles. The maximum absolute atomic E-state index is 11.1. The molecule has 0 saturated carbocycles. The molecule has 0 heterocycles. The highest BCUT2D eigenvalue weighted by atomic mass is 16.5. The summed E-state index contributed by atoms with van der Waals surface area (Å²) in [6, 6.07) is 5.95. The quantitative estimate of drug-likeness (QED) is 0.625. The molecule has 0 bridgehead atoms. The normalized spacial score (nSPS) is 10.4. The lowest BCUT2D eigenvalue weighted by Gasteiger charge is -2.05. The predicted octanol–water partition coefficient (Wildman–Crippen LogP) is 2.61. The Labute approximate surface area is 96.1 Å². The molecule has 0 aliphatic carbocycles. The van der Waals surface area contributed by atoms with Gasteiger partial charge in [-0.05, 0) is 43.2 Å². The molecule has 3 nitrogen and oxygen atoms in total. The second-order valence-corrected chi connectivity index (χ2v) is 3.41. The second kappa shape index (κ2) is 5.95. The van der Waals surface area contributed by atoms with Crippen LogP contribution < -0.4 is 5.32 Å². The first-order chi connectivity index (χ1) is 7.67. The number of anilines is 1. The van der Waals surface area contributed by atoms with E-state index in [4.69, 9.17) is 4.74 Å². The van der Waals surface area contributed by atoms with E-state index in [1.807, 2.05) is 32.2 Å². The molecule has 1 rings (SSSR count). The number of nitrogens with one attached hydrogen (secondary N) is 1. The van der Waals surface area contributed by atoms with Crippen LogP contribution in [0.25, 0.3) is 6.08 Å². The first-order valence-electron chi connectivity index (χ1n) is 5.30. The lowest BCUT2D eigenvalue weighted by molar-refractivity contribution is -0.137.